The zero-order chi connectivity index (χ0) is 23.9. The van der Waals surface area contributed by atoms with Gasteiger partial charge in [0, 0.05) is 56.7 Å². The number of aryl methyl sites for hydroxylation is 1. The van der Waals surface area contributed by atoms with E-state index in [0.29, 0.717) is 12.8 Å². The number of rotatable bonds is 8. The molecule has 0 bridgehead atoms. The Morgan fingerprint density at radius 3 is 2.17 bits per heavy atom. The number of amides is 1. The Morgan fingerprint density at radius 1 is 0.771 bits per heavy atom. The molecule has 2 heterocycles. The van der Waals surface area contributed by atoms with Crippen molar-refractivity contribution >= 4 is 17.3 Å². The number of carbonyl (C=O) groups is 1. The zero-order valence-electron chi connectivity index (χ0n) is 19.9. The van der Waals surface area contributed by atoms with Gasteiger partial charge in [-0.1, -0.05) is 48.5 Å². The van der Waals surface area contributed by atoms with E-state index < -0.39 is 0 Å². The first kappa shape index (κ1) is 22.9. The number of anilines is 2. The minimum atomic E-state index is 0.0136. The third-order valence-corrected chi connectivity index (χ3v) is 6.44. The Balaban J connectivity index is 1.07. The second-order valence-electron chi connectivity index (χ2n) is 8.97. The molecule has 1 aliphatic heterocycles. The quantitative estimate of drug-likeness (QED) is 0.407. The van der Waals surface area contributed by atoms with Gasteiger partial charge in [0.05, 0.1) is 11.9 Å². The fourth-order valence-electron chi connectivity index (χ4n) is 4.45. The van der Waals surface area contributed by atoms with Gasteiger partial charge in [0.1, 0.15) is 0 Å². The van der Waals surface area contributed by atoms with Gasteiger partial charge in [-0.05, 0) is 53.9 Å². The highest BCUT2D eigenvalue weighted by atomic mass is 16.1. The summed E-state index contributed by atoms with van der Waals surface area (Å²) in [4.78, 5) is 17.4. The van der Waals surface area contributed by atoms with Crippen molar-refractivity contribution in [1.82, 2.24) is 14.7 Å². The van der Waals surface area contributed by atoms with Gasteiger partial charge >= 0.3 is 0 Å². The molecular weight excluding hydrogens is 434 g/mol. The largest absolute Gasteiger partial charge is 0.369 e. The number of nitrogens with zero attached hydrogens (tertiary/aromatic N) is 4. The summed E-state index contributed by atoms with van der Waals surface area (Å²) in [6.07, 6.45) is 4.89. The maximum atomic E-state index is 12.5. The van der Waals surface area contributed by atoms with E-state index in [0.717, 1.165) is 49.7 Å². The SMILES string of the molecule is O=C(CCc1cnn(-c2ccccc2)c1)Nc1ccc(N2CCN(Cc3ccccc3)CC2)cc1. The fraction of sp³-hybridized carbons (Fsp3) is 0.241. The molecule has 0 saturated carbocycles. The lowest BCUT2D eigenvalue weighted by Gasteiger charge is -2.36. The van der Waals surface area contributed by atoms with Crippen molar-refractivity contribution < 1.29 is 4.79 Å². The molecule has 5 rings (SSSR count). The summed E-state index contributed by atoms with van der Waals surface area (Å²) in [6, 6.07) is 28.8. The molecule has 0 unspecified atom stereocenters. The Kier molecular flexibility index (Phi) is 7.20. The molecule has 6 nitrogen and oxygen atoms in total. The summed E-state index contributed by atoms with van der Waals surface area (Å²) in [5.74, 6) is 0.0136. The van der Waals surface area contributed by atoms with E-state index in [1.54, 1.807) is 0 Å². The number of aromatic nitrogens is 2. The van der Waals surface area contributed by atoms with Crippen LogP contribution in [0.1, 0.15) is 17.5 Å². The molecule has 1 amide bonds. The molecule has 178 valence electrons. The van der Waals surface area contributed by atoms with Crippen LogP contribution in [0.2, 0.25) is 0 Å². The highest BCUT2D eigenvalue weighted by Gasteiger charge is 2.17. The molecule has 1 fully saturated rings. The topological polar surface area (TPSA) is 53.4 Å². The van der Waals surface area contributed by atoms with E-state index in [-0.39, 0.29) is 5.91 Å². The van der Waals surface area contributed by atoms with Gasteiger partial charge in [-0.25, -0.2) is 4.68 Å². The van der Waals surface area contributed by atoms with Crippen LogP contribution in [0.25, 0.3) is 5.69 Å². The van der Waals surface area contributed by atoms with Crippen molar-refractivity contribution in [1.29, 1.82) is 0 Å². The van der Waals surface area contributed by atoms with E-state index in [4.69, 9.17) is 0 Å². The Morgan fingerprint density at radius 2 is 1.46 bits per heavy atom. The molecule has 1 aromatic heterocycles. The molecule has 0 spiro atoms. The van der Waals surface area contributed by atoms with Crippen molar-refractivity contribution in [3.05, 3.63) is 108 Å². The smallest absolute Gasteiger partial charge is 0.224 e. The number of carbonyl (C=O) groups excluding carboxylic acids is 1. The average molecular weight is 466 g/mol. The molecule has 1 N–H and O–H groups in total. The van der Waals surface area contributed by atoms with Crippen LogP contribution in [0.5, 0.6) is 0 Å². The van der Waals surface area contributed by atoms with Crippen LogP contribution in [0.3, 0.4) is 0 Å². The third kappa shape index (κ3) is 6.16. The molecule has 1 aliphatic rings. The summed E-state index contributed by atoms with van der Waals surface area (Å²) in [5, 5.41) is 7.43. The lowest BCUT2D eigenvalue weighted by Crippen LogP contribution is -2.45. The van der Waals surface area contributed by atoms with Gasteiger partial charge in [0.15, 0.2) is 0 Å². The van der Waals surface area contributed by atoms with Crippen LogP contribution >= 0.6 is 0 Å². The Hall–Kier alpha value is -3.90. The van der Waals surface area contributed by atoms with Crippen molar-refractivity contribution in [2.24, 2.45) is 0 Å². The van der Waals surface area contributed by atoms with Crippen molar-refractivity contribution in [3.63, 3.8) is 0 Å². The fourth-order valence-corrected chi connectivity index (χ4v) is 4.45. The van der Waals surface area contributed by atoms with Crippen molar-refractivity contribution in [3.8, 4) is 5.69 Å². The minimum Gasteiger partial charge on any atom is -0.369 e. The lowest BCUT2D eigenvalue weighted by atomic mass is 10.1. The Bertz CT molecular complexity index is 1210. The van der Waals surface area contributed by atoms with Gasteiger partial charge in [-0.15, -0.1) is 0 Å². The van der Waals surface area contributed by atoms with Gasteiger partial charge in [0.25, 0.3) is 0 Å². The number of piperazine rings is 1. The van der Waals surface area contributed by atoms with E-state index in [1.165, 1.54) is 11.3 Å². The molecule has 1 saturated heterocycles. The number of hydrogen-bond acceptors (Lipinski definition) is 4. The summed E-state index contributed by atoms with van der Waals surface area (Å²) in [7, 11) is 0. The summed E-state index contributed by atoms with van der Waals surface area (Å²) >= 11 is 0. The number of hydrogen-bond donors (Lipinski definition) is 1. The molecule has 4 aromatic rings. The minimum absolute atomic E-state index is 0.0136. The Labute approximate surface area is 206 Å². The van der Waals surface area contributed by atoms with Gasteiger partial charge < -0.3 is 10.2 Å². The van der Waals surface area contributed by atoms with Crippen LogP contribution in [-0.2, 0) is 17.8 Å². The maximum absolute atomic E-state index is 12.5. The first-order valence-electron chi connectivity index (χ1n) is 12.2. The predicted octanol–water partition coefficient (Wildman–Crippen LogP) is 4.77. The maximum Gasteiger partial charge on any atom is 0.224 e. The number of para-hydroxylation sites is 1. The predicted molar refractivity (Wildman–Crippen MR) is 141 cm³/mol. The first-order chi connectivity index (χ1) is 17.2. The number of nitrogens with one attached hydrogen (secondary N) is 1. The summed E-state index contributed by atoms with van der Waals surface area (Å²) < 4.78 is 1.84. The third-order valence-electron chi connectivity index (χ3n) is 6.44. The molecule has 6 heteroatoms. The van der Waals surface area contributed by atoms with Gasteiger partial charge in [-0.3, -0.25) is 9.69 Å². The average Bonchev–Trinajstić information content (AvgIpc) is 3.39. The van der Waals surface area contributed by atoms with Crippen LogP contribution in [0.15, 0.2) is 97.3 Å². The molecule has 3 aromatic carbocycles. The molecule has 0 atom stereocenters. The van der Waals surface area contributed by atoms with Crippen molar-refractivity contribution in [2.45, 2.75) is 19.4 Å². The van der Waals surface area contributed by atoms with Gasteiger partial charge in [-0.2, -0.15) is 5.10 Å². The van der Waals surface area contributed by atoms with E-state index >= 15 is 0 Å². The van der Waals surface area contributed by atoms with Crippen molar-refractivity contribution in [2.75, 3.05) is 36.4 Å². The van der Waals surface area contributed by atoms with Gasteiger partial charge in [0.2, 0.25) is 5.91 Å². The van der Waals surface area contributed by atoms with Crippen LogP contribution < -0.4 is 10.2 Å². The zero-order valence-corrected chi connectivity index (χ0v) is 19.9. The first-order valence-corrected chi connectivity index (χ1v) is 12.2. The number of benzene rings is 3. The standard InChI is InChI=1S/C29H31N5O/c35-29(16-11-25-21-30-34(23-25)28-9-5-2-6-10-28)31-26-12-14-27(15-13-26)33-19-17-32(18-20-33)22-24-7-3-1-4-8-24/h1-10,12-15,21,23H,11,16-20,22H2,(H,31,35). The lowest BCUT2D eigenvalue weighted by molar-refractivity contribution is -0.116. The molecule has 35 heavy (non-hydrogen) atoms. The van der Waals surface area contributed by atoms with Crippen LogP contribution in [0.4, 0.5) is 11.4 Å². The molecule has 0 aliphatic carbocycles. The van der Waals surface area contributed by atoms with Crippen LogP contribution in [-0.4, -0.2) is 46.8 Å². The van der Waals surface area contributed by atoms with E-state index in [2.05, 4.69) is 62.7 Å². The molecular formula is C29H31N5O. The monoisotopic (exact) mass is 465 g/mol. The summed E-state index contributed by atoms with van der Waals surface area (Å²) in [6.45, 7) is 5.12. The van der Waals surface area contributed by atoms with Crippen LogP contribution in [0, 0.1) is 0 Å². The second kappa shape index (κ2) is 11.0. The molecule has 0 radical (unpaired) electrons. The highest BCUT2D eigenvalue weighted by molar-refractivity contribution is 5.91. The van der Waals surface area contributed by atoms with E-state index in [1.807, 2.05) is 59.5 Å². The second-order valence-corrected chi connectivity index (χ2v) is 8.97. The summed E-state index contributed by atoms with van der Waals surface area (Å²) in [5.41, 5.74) is 5.47. The normalized spacial score (nSPS) is 14.1. The van der Waals surface area contributed by atoms with E-state index in [9.17, 15) is 4.79 Å². The highest BCUT2D eigenvalue weighted by Crippen LogP contribution is 2.20.